The molecule has 0 radical (unpaired) electrons. The van der Waals surface area contributed by atoms with Crippen molar-refractivity contribution in [3.63, 3.8) is 0 Å². The Labute approximate surface area is 109 Å². The molecule has 2 nitrogen and oxygen atoms in total. The van der Waals surface area contributed by atoms with Crippen molar-refractivity contribution < 1.29 is 8.42 Å². The third-order valence-corrected chi connectivity index (χ3v) is 7.01. The Bertz CT molecular complexity index is 578. The van der Waals surface area contributed by atoms with Crippen LogP contribution in [0.1, 0.15) is 31.2 Å². The SMILES string of the molecule is CS(=O)(=O)C1(c2ccccc2)CCC12CC=CC2. The molecular formula is C15H18O2S. The lowest BCUT2D eigenvalue weighted by Gasteiger charge is -2.57. The summed E-state index contributed by atoms with van der Waals surface area (Å²) in [4.78, 5) is 0. The fraction of sp³-hybridized carbons (Fsp3) is 0.467. The zero-order valence-corrected chi connectivity index (χ0v) is 11.4. The fourth-order valence-electron chi connectivity index (χ4n) is 3.89. The lowest BCUT2D eigenvalue weighted by Crippen LogP contribution is -2.57. The standard InChI is InChI=1S/C15H18O2S/c1-18(16,17)15(13-7-3-2-4-8-13)12-11-14(15)9-5-6-10-14/h2-8H,9-12H2,1H3. The highest BCUT2D eigenvalue weighted by Gasteiger charge is 2.65. The molecule has 0 heterocycles. The van der Waals surface area contributed by atoms with Crippen molar-refractivity contribution in [1.29, 1.82) is 0 Å². The van der Waals surface area contributed by atoms with E-state index in [-0.39, 0.29) is 5.41 Å². The van der Waals surface area contributed by atoms with Crippen LogP contribution in [0, 0.1) is 5.41 Å². The zero-order chi connectivity index (χ0) is 12.9. The van der Waals surface area contributed by atoms with E-state index in [0.717, 1.165) is 31.2 Å². The van der Waals surface area contributed by atoms with Crippen molar-refractivity contribution in [2.75, 3.05) is 6.26 Å². The van der Waals surface area contributed by atoms with Crippen LogP contribution in [-0.2, 0) is 14.6 Å². The number of hydrogen-bond acceptors (Lipinski definition) is 2. The number of benzene rings is 1. The third kappa shape index (κ3) is 1.31. The maximum Gasteiger partial charge on any atom is 0.157 e. The first-order valence-corrected chi connectivity index (χ1v) is 8.31. The molecule has 3 heteroatoms. The minimum Gasteiger partial charge on any atom is -0.228 e. The molecule has 1 saturated carbocycles. The number of sulfone groups is 1. The smallest absolute Gasteiger partial charge is 0.157 e. The largest absolute Gasteiger partial charge is 0.228 e. The zero-order valence-electron chi connectivity index (χ0n) is 10.6. The normalized spacial score (nSPS) is 29.4. The van der Waals surface area contributed by atoms with E-state index in [1.807, 2.05) is 30.3 Å². The average Bonchev–Trinajstić information content (AvgIpc) is 2.79. The summed E-state index contributed by atoms with van der Waals surface area (Å²) in [7, 11) is -3.11. The quantitative estimate of drug-likeness (QED) is 0.768. The molecule has 1 aromatic carbocycles. The van der Waals surface area contributed by atoms with Gasteiger partial charge in [-0.25, -0.2) is 8.42 Å². The van der Waals surface area contributed by atoms with Gasteiger partial charge in [0.1, 0.15) is 4.75 Å². The fourth-order valence-corrected chi connectivity index (χ4v) is 5.98. The van der Waals surface area contributed by atoms with Crippen LogP contribution >= 0.6 is 0 Å². The molecule has 0 aliphatic heterocycles. The van der Waals surface area contributed by atoms with E-state index < -0.39 is 14.6 Å². The molecule has 0 bridgehead atoms. The number of allylic oxidation sites excluding steroid dienone is 2. The Morgan fingerprint density at radius 2 is 1.61 bits per heavy atom. The lowest BCUT2D eigenvalue weighted by molar-refractivity contribution is 0.0679. The summed E-state index contributed by atoms with van der Waals surface area (Å²) in [5, 5.41) is 0. The van der Waals surface area contributed by atoms with Gasteiger partial charge >= 0.3 is 0 Å². The van der Waals surface area contributed by atoms with E-state index in [2.05, 4.69) is 12.2 Å². The van der Waals surface area contributed by atoms with Gasteiger partial charge in [-0.3, -0.25) is 0 Å². The van der Waals surface area contributed by atoms with Crippen LogP contribution in [0.3, 0.4) is 0 Å². The van der Waals surface area contributed by atoms with Gasteiger partial charge in [0.2, 0.25) is 0 Å². The molecule has 2 aliphatic rings. The Morgan fingerprint density at radius 3 is 2.06 bits per heavy atom. The number of hydrogen-bond donors (Lipinski definition) is 0. The summed E-state index contributed by atoms with van der Waals surface area (Å²) in [6.45, 7) is 0. The molecule has 18 heavy (non-hydrogen) atoms. The minimum atomic E-state index is -3.11. The van der Waals surface area contributed by atoms with E-state index in [4.69, 9.17) is 0 Å². The van der Waals surface area contributed by atoms with Crippen molar-refractivity contribution in [1.82, 2.24) is 0 Å². The Morgan fingerprint density at radius 1 is 1.00 bits per heavy atom. The van der Waals surface area contributed by atoms with Crippen LogP contribution in [0.4, 0.5) is 0 Å². The van der Waals surface area contributed by atoms with Gasteiger partial charge in [-0.05, 0) is 31.2 Å². The topological polar surface area (TPSA) is 34.1 Å². The summed E-state index contributed by atoms with van der Waals surface area (Å²) >= 11 is 0. The van der Waals surface area contributed by atoms with Crippen molar-refractivity contribution in [3.8, 4) is 0 Å². The van der Waals surface area contributed by atoms with Crippen LogP contribution in [0.25, 0.3) is 0 Å². The van der Waals surface area contributed by atoms with Gasteiger partial charge in [0.25, 0.3) is 0 Å². The highest BCUT2D eigenvalue weighted by molar-refractivity contribution is 7.91. The molecule has 0 N–H and O–H groups in total. The molecule has 1 fully saturated rings. The van der Waals surface area contributed by atoms with Crippen LogP contribution in [0.5, 0.6) is 0 Å². The van der Waals surface area contributed by atoms with Crippen molar-refractivity contribution in [2.24, 2.45) is 5.41 Å². The molecule has 0 saturated heterocycles. The Hall–Kier alpha value is -1.09. The van der Waals surface area contributed by atoms with Gasteiger partial charge < -0.3 is 0 Å². The van der Waals surface area contributed by atoms with Crippen molar-refractivity contribution in [2.45, 2.75) is 30.4 Å². The summed E-state index contributed by atoms with van der Waals surface area (Å²) in [6.07, 6.45) is 9.26. The van der Waals surface area contributed by atoms with Gasteiger partial charge in [0, 0.05) is 11.7 Å². The van der Waals surface area contributed by atoms with E-state index >= 15 is 0 Å². The predicted octanol–water partition coefficient (Wildman–Crippen LogP) is 3.06. The predicted molar refractivity (Wildman–Crippen MR) is 73.0 cm³/mol. The molecule has 3 rings (SSSR count). The molecule has 1 aromatic rings. The van der Waals surface area contributed by atoms with Crippen LogP contribution in [0.15, 0.2) is 42.5 Å². The highest BCUT2D eigenvalue weighted by atomic mass is 32.2. The number of rotatable bonds is 2. The molecule has 1 spiro atoms. The lowest BCUT2D eigenvalue weighted by atomic mass is 9.55. The molecule has 2 aliphatic carbocycles. The Kier molecular flexibility index (Phi) is 2.46. The van der Waals surface area contributed by atoms with Gasteiger partial charge in [0.15, 0.2) is 9.84 Å². The summed E-state index contributed by atoms with van der Waals surface area (Å²) in [5.41, 5.74) is 0.893. The first-order chi connectivity index (χ1) is 8.52. The first kappa shape index (κ1) is 12.0. The molecule has 96 valence electrons. The summed E-state index contributed by atoms with van der Waals surface area (Å²) in [5.74, 6) is 0. The average molecular weight is 262 g/mol. The summed E-state index contributed by atoms with van der Waals surface area (Å²) < 4.78 is 24.3. The molecule has 1 atom stereocenters. The van der Waals surface area contributed by atoms with Crippen LogP contribution < -0.4 is 0 Å². The van der Waals surface area contributed by atoms with Crippen LogP contribution in [-0.4, -0.2) is 14.7 Å². The van der Waals surface area contributed by atoms with Gasteiger partial charge in [-0.2, -0.15) is 0 Å². The van der Waals surface area contributed by atoms with Crippen molar-refractivity contribution >= 4 is 9.84 Å². The second kappa shape index (κ2) is 3.70. The van der Waals surface area contributed by atoms with Crippen LogP contribution in [0.2, 0.25) is 0 Å². The molecule has 0 amide bonds. The van der Waals surface area contributed by atoms with Gasteiger partial charge in [-0.1, -0.05) is 42.5 Å². The molecular weight excluding hydrogens is 244 g/mol. The first-order valence-electron chi connectivity index (χ1n) is 6.42. The highest BCUT2D eigenvalue weighted by Crippen LogP contribution is 2.66. The van der Waals surface area contributed by atoms with E-state index in [1.54, 1.807) is 0 Å². The maximum atomic E-state index is 12.5. The Balaban J connectivity index is 2.19. The van der Waals surface area contributed by atoms with Gasteiger partial charge in [0.05, 0.1) is 0 Å². The second-order valence-corrected chi connectivity index (χ2v) is 7.87. The van der Waals surface area contributed by atoms with E-state index in [1.165, 1.54) is 6.26 Å². The third-order valence-electron chi connectivity index (χ3n) is 4.87. The monoisotopic (exact) mass is 262 g/mol. The second-order valence-electron chi connectivity index (χ2n) is 5.63. The molecule has 0 aromatic heterocycles. The minimum absolute atomic E-state index is 0.0814. The summed E-state index contributed by atoms with van der Waals surface area (Å²) in [6, 6.07) is 9.77. The van der Waals surface area contributed by atoms with Gasteiger partial charge in [-0.15, -0.1) is 0 Å². The van der Waals surface area contributed by atoms with E-state index in [0.29, 0.717) is 0 Å². The maximum absolute atomic E-state index is 12.5. The van der Waals surface area contributed by atoms with Crippen molar-refractivity contribution in [3.05, 3.63) is 48.0 Å². The molecule has 1 unspecified atom stereocenters. The van der Waals surface area contributed by atoms with E-state index in [9.17, 15) is 8.42 Å².